The molecule has 5 N–H and O–H groups in total. The van der Waals surface area contributed by atoms with Gasteiger partial charge in [-0.25, -0.2) is 14.8 Å². The average molecular weight is 485 g/mol. The molecule has 2 heterocycles. The molecule has 35 heavy (non-hydrogen) atoms. The number of urea groups is 1. The molecule has 0 bridgehead atoms. The molecule has 3 rings (SSSR count). The van der Waals surface area contributed by atoms with Gasteiger partial charge in [0, 0.05) is 30.1 Å². The van der Waals surface area contributed by atoms with E-state index in [4.69, 9.17) is 25.9 Å². The van der Waals surface area contributed by atoms with Crippen LogP contribution in [0.4, 0.5) is 10.6 Å². The van der Waals surface area contributed by atoms with Gasteiger partial charge < -0.3 is 30.8 Å². The summed E-state index contributed by atoms with van der Waals surface area (Å²) in [6.45, 7) is 10.4. The van der Waals surface area contributed by atoms with Gasteiger partial charge >= 0.3 is 6.03 Å². The third-order valence-electron chi connectivity index (χ3n) is 6.13. The number of ether oxygens (including phenoxy) is 2. The first-order valence-electron chi connectivity index (χ1n) is 12.7. The molecule has 3 aromatic rings. The van der Waals surface area contributed by atoms with Crippen LogP contribution in [0.2, 0.25) is 0 Å². The number of primary amides is 1. The van der Waals surface area contributed by atoms with E-state index in [0.717, 1.165) is 77.6 Å². The van der Waals surface area contributed by atoms with Gasteiger partial charge in [0.05, 0.1) is 12.1 Å². The molecule has 0 radical (unpaired) electrons. The van der Waals surface area contributed by atoms with Gasteiger partial charge in [-0.1, -0.05) is 26.2 Å². The molecule has 2 aromatic heterocycles. The normalized spacial score (nSPS) is 11.6. The van der Waals surface area contributed by atoms with E-state index in [1.54, 1.807) is 4.90 Å². The van der Waals surface area contributed by atoms with Gasteiger partial charge in [-0.15, -0.1) is 0 Å². The van der Waals surface area contributed by atoms with Crippen molar-refractivity contribution in [3.8, 4) is 5.75 Å². The number of H-pyrrole nitrogens is 1. The SMILES string of the molecule is CCCc1c(OCCCCCCN(C(N)=O)C(C)C)ccc2nc(N)c3[nH]c(COCC)nc3c12. The standard InChI is InChI=1S/C26H40N6O3/c1-5-11-18-20(35-15-10-8-7-9-14-32(17(3)4)26(28)33)13-12-19-22(18)23-24(25(27)29-19)31-21(30-23)16-34-6-2/h12-13,17H,5-11,14-16H2,1-4H3,(H2,27,29)(H2,28,33)(H,30,31). The quantitative estimate of drug-likeness (QED) is 0.278. The first-order chi connectivity index (χ1) is 16.9. The number of hydrogen-bond acceptors (Lipinski definition) is 6. The monoisotopic (exact) mass is 484 g/mol. The van der Waals surface area contributed by atoms with Gasteiger partial charge in [0.1, 0.15) is 35.0 Å². The number of aryl methyl sites for hydroxylation is 1. The van der Waals surface area contributed by atoms with Crippen molar-refractivity contribution in [3.05, 3.63) is 23.5 Å². The van der Waals surface area contributed by atoms with Crippen LogP contribution in [0.25, 0.3) is 21.9 Å². The number of aromatic nitrogens is 3. The minimum atomic E-state index is -0.352. The lowest BCUT2D eigenvalue weighted by molar-refractivity contribution is 0.129. The number of benzene rings is 1. The van der Waals surface area contributed by atoms with Gasteiger partial charge in [-0.05, 0) is 52.2 Å². The van der Waals surface area contributed by atoms with E-state index in [0.29, 0.717) is 32.2 Å². The summed E-state index contributed by atoms with van der Waals surface area (Å²) in [5, 5.41) is 0.993. The highest BCUT2D eigenvalue weighted by atomic mass is 16.5. The van der Waals surface area contributed by atoms with Crippen LogP contribution >= 0.6 is 0 Å². The maximum absolute atomic E-state index is 11.5. The second kappa shape index (κ2) is 12.6. The molecule has 0 atom stereocenters. The van der Waals surface area contributed by atoms with Crippen molar-refractivity contribution in [2.45, 2.75) is 78.9 Å². The van der Waals surface area contributed by atoms with Crippen LogP contribution in [-0.4, -0.2) is 51.7 Å². The zero-order chi connectivity index (χ0) is 25.4. The molecule has 0 saturated heterocycles. The Morgan fingerprint density at radius 2 is 1.91 bits per heavy atom. The van der Waals surface area contributed by atoms with E-state index in [2.05, 4.69) is 16.9 Å². The van der Waals surface area contributed by atoms with Crippen molar-refractivity contribution < 1.29 is 14.3 Å². The van der Waals surface area contributed by atoms with Crippen molar-refractivity contribution >= 4 is 33.8 Å². The molecule has 9 heteroatoms. The van der Waals surface area contributed by atoms with E-state index in [1.807, 2.05) is 32.9 Å². The highest BCUT2D eigenvalue weighted by Gasteiger charge is 2.18. The van der Waals surface area contributed by atoms with E-state index in [1.165, 1.54) is 0 Å². The summed E-state index contributed by atoms with van der Waals surface area (Å²) in [5.74, 6) is 2.05. The molecule has 0 fully saturated rings. The number of anilines is 1. The second-order valence-corrected chi connectivity index (χ2v) is 9.12. The highest BCUT2D eigenvalue weighted by Crippen LogP contribution is 2.35. The largest absolute Gasteiger partial charge is 0.493 e. The first kappa shape index (κ1) is 26.5. The number of fused-ring (bicyclic) bond motifs is 3. The number of amides is 2. The molecule has 2 amide bonds. The van der Waals surface area contributed by atoms with Crippen molar-refractivity contribution in [1.29, 1.82) is 0 Å². The van der Waals surface area contributed by atoms with Crippen LogP contribution in [0.5, 0.6) is 5.75 Å². The third-order valence-corrected chi connectivity index (χ3v) is 6.13. The molecule has 0 saturated carbocycles. The minimum Gasteiger partial charge on any atom is -0.493 e. The third kappa shape index (κ3) is 6.54. The minimum absolute atomic E-state index is 0.127. The van der Waals surface area contributed by atoms with E-state index < -0.39 is 0 Å². The number of hydrogen-bond donors (Lipinski definition) is 3. The lowest BCUT2D eigenvalue weighted by Gasteiger charge is -2.24. The summed E-state index contributed by atoms with van der Waals surface area (Å²) in [6, 6.07) is 3.73. The first-order valence-corrected chi connectivity index (χ1v) is 12.7. The van der Waals surface area contributed by atoms with Gasteiger partial charge in [0.15, 0.2) is 0 Å². The smallest absolute Gasteiger partial charge is 0.315 e. The number of aromatic amines is 1. The predicted molar refractivity (Wildman–Crippen MR) is 141 cm³/mol. The number of unbranched alkanes of at least 4 members (excludes halogenated alkanes) is 3. The van der Waals surface area contributed by atoms with Crippen LogP contribution in [0.3, 0.4) is 0 Å². The maximum atomic E-state index is 11.5. The fourth-order valence-electron chi connectivity index (χ4n) is 4.39. The number of nitrogen functional groups attached to an aromatic ring is 1. The van der Waals surface area contributed by atoms with Crippen molar-refractivity contribution in [2.24, 2.45) is 5.73 Å². The summed E-state index contributed by atoms with van der Waals surface area (Å²) in [4.78, 5) is 25.9. The van der Waals surface area contributed by atoms with Gasteiger partial charge in [-0.2, -0.15) is 0 Å². The fourth-order valence-corrected chi connectivity index (χ4v) is 4.39. The lowest BCUT2D eigenvalue weighted by Crippen LogP contribution is -2.41. The number of carbonyl (C=O) groups excluding carboxylic acids is 1. The van der Waals surface area contributed by atoms with E-state index in [-0.39, 0.29) is 12.1 Å². The predicted octanol–water partition coefficient (Wildman–Crippen LogP) is 4.91. The number of pyridine rings is 1. The summed E-state index contributed by atoms with van der Waals surface area (Å²) in [7, 11) is 0. The zero-order valence-corrected chi connectivity index (χ0v) is 21.5. The average Bonchev–Trinajstić information content (AvgIpc) is 3.25. The Labute approximate surface area is 207 Å². The molecule has 9 nitrogen and oxygen atoms in total. The van der Waals surface area contributed by atoms with Crippen LogP contribution < -0.4 is 16.2 Å². The summed E-state index contributed by atoms with van der Waals surface area (Å²) < 4.78 is 11.8. The second-order valence-electron chi connectivity index (χ2n) is 9.12. The lowest BCUT2D eigenvalue weighted by atomic mass is 10.0. The number of imidazole rings is 1. The Morgan fingerprint density at radius 3 is 2.60 bits per heavy atom. The van der Waals surface area contributed by atoms with Gasteiger partial charge in [0.2, 0.25) is 0 Å². The number of nitrogens with two attached hydrogens (primary N) is 2. The summed E-state index contributed by atoms with van der Waals surface area (Å²) >= 11 is 0. The molecule has 0 spiro atoms. The molecular formula is C26H40N6O3. The maximum Gasteiger partial charge on any atom is 0.315 e. The Morgan fingerprint density at radius 1 is 1.14 bits per heavy atom. The Kier molecular flexibility index (Phi) is 9.54. The van der Waals surface area contributed by atoms with Crippen molar-refractivity contribution in [3.63, 3.8) is 0 Å². The van der Waals surface area contributed by atoms with E-state index in [9.17, 15) is 4.79 Å². The van der Waals surface area contributed by atoms with E-state index >= 15 is 0 Å². The van der Waals surface area contributed by atoms with Crippen molar-refractivity contribution in [1.82, 2.24) is 19.9 Å². The number of nitrogens with zero attached hydrogens (tertiary/aromatic N) is 3. The van der Waals surface area contributed by atoms with Crippen LogP contribution in [0, 0.1) is 0 Å². The molecule has 0 aliphatic carbocycles. The van der Waals surface area contributed by atoms with Crippen LogP contribution in [0.1, 0.15) is 71.2 Å². The number of carbonyl (C=O) groups is 1. The number of rotatable bonds is 14. The highest BCUT2D eigenvalue weighted by molar-refractivity contribution is 6.08. The number of nitrogens with one attached hydrogen (secondary N) is 1. The van der Waals surface area contributed by atoms with Crippen LogP contribution in [0.15, 0.2) is 12.1 Å². The van der Waals surface area contributed by atoms with Crippen molar-refractivity contribution in [2.75, 3.05) is 25.5 Å². The molecule has 1 aromatic carbocycles. The molecular weight excluding hydrogens is 444 g/mol. The Bertz CT molecular complexity index is 1130. The summed E-state index contributed by atoms with van der Waals surface area (Å²) in [5.41, 5.74) is 15.2. The topological polar surface area (TPSA) is 132 Å². The molecule has 0 aliphatic rings. The Hall–Kier alpha value is -3.07. The fraction of sp³-hybridized carbons (Fsp3) is 0.577. The molecule has 0 aliphatic heterocycles. The molecule has 0 unspecified atom stereocenters. The van der Waals surface area contributed by atoms with Gasteiger partial charge in [0.25, 0.3) is 0 Å². The zero-order valence-electron chi connectivity index (χ0n) is 21.5. The van der Waals surface area contributed by atoms with Crippen LogP contribution in [-0.2, 0) is 17.8 Å². The Balaban J connectivity index is 1.70. The van der Waals surface area contributed by atoms with Gasteiger partial charge in [-0.3, -0.25) is 0 Å². The molecule has 192 valence electrons. The summed E-state index contributed by atoms with van der Waals surface area (Å²) in [6.07, 6.45) is 5.77.